The summed E-state index contributed by atoms with van der Waals surface area (Å²) in [4.78, 5) is 11.4. The monoisotopic (exact) mass is 246 g/mol. The fraction of sp³-hybridized carbons (Fsp3) is 0.562. The molecule has 0 aromatic heterocycles. The van der Waals surface area contributed by atoms with E-state index in [1.807, 2.05) is 6.07 Å². The van der Waals surface area contributed by atoms with Crippen molar-refractivity contribution in [2.24, 2.45) is 0 Å². The molecule has 0 unspecified atom stereocenters. The highest BCUT2D eigenvalue weighted by Gasteiger charge is 2.23. The molecule has 1 aromatic rings. The third kappa shape index (κ3) is 2.74. The number of hydrogen-bond donors (Lipinski definition) is 1. The molecular formula is C16H22O2. The average Bonchev–Trinajstić information content (AvgIpc) is 2.40. The standard InChI is InChI=1S/C16H22O2/c1-2-7-12-10-6-11-14(16(17)18)15(12)13-8-4-3-5-9-13/h6,10-11,13H,2-5,7-9H2,1H3,(H,17,18). The normalized spacial score (nSPS) is 16.7. The van der Waals surface area contributed by atoms with Crippen molar-refractivity contribution in [3.8, 4) is 0 Å². The Morgan fingerprint density at radius 1 is 1.28 bits per heavy atom. The minimum atomic E-state index is -0.770. The molecule has 0 bridgehead atoms. The number of aromatic carboxylic acids is 1. The Hall–Kier alpha value is -1.31. The highest BCUT2D eigenvalue weighted by Crippen LogP contribution is 2.36. The molecular weight excluding hydrogens is 224 g/mol. The SMILES string of the molecule is CCCc1cccc(C(=O)O)c1C1CCCCC1. The molecule has 0 heterocycles. The summed E-state index contributed by atoms with van der Waals surface area (Å²) >= 11 is 0. The second kappa shape index (κ2) is 6.03. The van der Waals surface area contributed by atoms with E-state index in [2.05, 4.69) is 13.0 Å². The van der Waals surface area contributed by atoms with Gasteiger partial charge in [-0.1, -0.05) is 44.7 Å². The van der Waals surface area contributed by atoms with Crippen LogP contribution >= 0.6 is 0 Å². The van der Waals surface area contributed by atoms with Crippen molar-refractivity contribution < 1.29 is 9.90 Å². The Morgan fingerprint density at radius 2 is 2.00 bits per heavy atom. The van der Waals surface area contributed by atoms with Gasteiger partial charge in [0, 0.05) is 0 Å². The van der Waals surface area contributed by atoms with E-state index in [0.29, 0.717) is 11.5 Å². The van der Waals surface area contributed by atoms with E-state index in [-0.39, 0.29) is 0 Å². The lowest BCUT2D eigenvalue weighted by Crippen LogP contribution is -2.13. The number of carboxylic acids is 1. The number of carbonyl (C=O) groups is 1. The summed E-state index contributed by atoms with van der Waals surface area (Å²) in [5.74, 6) is -0.305. The van der Waals surface area contributed by atoms with E-state index in [1.165, 1.54) is 24.8 Å². The smallest absolute Gasteiger partial charge is 0.335 e. The van der Waals surface area contributed by atoms with Crippen LogP contribution in [0.4, 0.5) is 0 Å². The summed E-state index contributed by atoms with van der Waals surface area (Å²) in [6.45, 7) is 2.15. The first-order chi connectivity index (χ1) is 8.74. The summed E-state index contributed by atoms with van der Waals surface area (Å²) in [5.41, 5.74) is 2.92. The van der Waals surface area contributed by atoms with Crippen LogP contribution in [0.1, 0.15) is 72.9 Å². The van der Waals surface area contributed by atoms with E-state index < -0.39 is 5.97 Å². The zero-order valence-electron chi connectivity index (χ0n) is 11.1. The summed E-state index contributed by atoms with van der Waals surface area (Å²) in [6, 6.07) is 5.77. The first-order valence-electron chi connectivity index (χ1n) is 7.09. The summed E-state index contributed by atoms with van der Waals surface area (Å²) in [7, 11) is 0. The minimum absolute atomic E-state index is 0.465. The van der Waals surface area contributed by atoms with Gasteiger partial charge in [0.1, 0.15) is 0 Å². The molecule has 0 saturated heterocycles. The number of aryl methyl sites for hydroxylation is 1. The van der Waals surface area contributed by atoms with Crippen LogP contribution in [-0.2, 0) is 6.42 Å². The molecule has 0 radical (unpaired) electrons. The third-order valence-corrected chi connectivity index (χ3v) is 3.96. The Morgan fingerprint density at radius 3 is 2.61 bits per heavy atom. The Balaban J connectivity index is 2.41. The van der Waals surface area contributed by atoms with E-state index >= 15 is 0 Å². The van der Waals surface area contributed by atoms with E-state index in [0.717, 1.165) is 31.2 Å². The molecule has 98 valence electrons. The van der Waals surface area contributed by atoms with Gasteiger partial charge in [-0.15, -0.1) is 0 Å². The highest BCUT2D eigenvalue weighted by atomic mass is 16.4. The van der Waals surface area contributed by atoms with E-state index in [1.54, 1.807) is 6.07 Å². The fourth-order valence-corrected chi connectivity index (χ4v) is 3.16. The van der Waals surface area contributed by atoms with Crippen molar-refractivity contribution in [1.82, 2.24) is 0 Å². The largest absolute Gasteiger partial charge is 0.478 e. The highest BCUT2D eigenvalue weighted by molar-refractivity contribution is 5.90. The molecule has 1 aliphatic carbocycles. The van der Waals surface area contributed by atoms with Crippen molar-refractivity contribution in [1.29, 1.82) is 0 Å². The molecule has 0 amide bonds. The van der Waals surface area contributed by atoms with Gasteiger partial charge in [0.2, 0.25) is 0 Å². The first-order valence-corrected chi connectivity index (χ1v) is 7.09. The van der Waals surface area contributed by atoms with Gasteiger partial charge in [-0.2, -0.15) is 0 Å². The Bertz CT molecular complexity index is 417. The molecule has 2 nitrogen and oxygen atoms in total. The van der Waals surface area contributed by atoms with E-state index in [4.69, 9.17) is 0 Å². The molecule has 1 saturated carbocycles. The number of benzene rings is 1. The maximum atomic E-state index is 11.4. The van der Waals surface area contributed by atoms with Crippen LogP contribution in [0.25, 0.3) is 0 Å². The molecule has 1 aliphatic rings. The zero-order valence-corrected chi connectivity index (χ0v) is 11.1. The van der Waals surface area contributed by atoms with Crippen LogP contribution in [0.15, 0.2) is 18.2 Å². The van der Waals surface area contributed by atoms with Crippen LogP contribution in [0, 0.1) is 0 Å². The van der Waals surface area contributed by atoms with Crippen LogP contribution in [0.5, 0.6) is 0 Å². The van der Waals surface area contributed by atoms with Gasteiger partial charge in [0.15, 0.2) is 0 Å². The van der Waals surface area contributed by atoms with Crippen LogP contribution in [0.3, 0.4) is 0 Å². The molecule has 2 rings (SSSR count). The maximum absolute atomic E-state index is 11.4. The number of carboxylic acid groups (broad SMARTS) is 1. The maximum Gasteiger partial charge on any atom is 0.335 e. The first kappa shape index (κ1) is 13.1. The minimum Gasteiger partial charge on any atom is -0.478 e. The predicted molar refractivity (Wildman–Crippen MR) is 73.2 cm³/mol. The second-order valence-electron chi connectivity index (χ2n) is 5.27. The molecule has 1 aromatic carbocycles. The van der Waals surface area contributed by atoms with Gasteiger partial charge in [-0.05, 0) is 42.4 Å². The van der Waals surface area contributed by atoms with Crippen LogP contribution in [0.2, 0.25) is 0 Å². The molecule has 0 aliphatic heterocycles. The van der Waals surface area contributed by atoms with Crippen molar-refractivity contribution in [3.63, 3.8) is 0 Å². The lowest BCUT2D eigenvalue weighted by atomic mass is 9.79. The second-order valence-corrected chi connectivity index (χ2v) is 5.27. The molecule has 0 spiro atoms. The van der Waals surface area contributed by atoms with Gasteiger partial charge in [-0.3, -0.25) is 0 Å². The quantitative estimate of drug-likeness (QED) is 0.855. The summed E-state index contributed by atoms with van der Waals surface area (Å²) in [5, 5.41) is 9.39. The van der Waals surface area contributed by atoms with Crippen molar-refractivity contribution in [2.75, 3.05) is 0 Å². The topological polar surface area (TPSA) is 37.3 Å². The zero-order chi connectivity index (χ0) is 13.0. The summed E-state index contributed by atoms with van der Waals surface area (Å²) < 4.78 is 0. The Labute approximate surface area is 109 Å². The van der Waals surface area contributed by atoms with Gasteiger partial charge in [0.05, 0.1) is 5.56 Å². The number of hydrogen-bond acceptors (Lipinski definition) is 1. The lowest BCUT2D eigenvalue weighted by molar-refractivity contribution is 0.0694. The van der Waals surface area contributed by atoms with Crippen LogP contribution in [-0.4, -0.2) is 11.1 Å². The predicted octanol–water partition coefficient (Wildman–Crippen LogP) is 4.39. The van der Waals surface area contributed by atoms with Crippen molar-refractivity contribution in [3.05, 3.63) is 34.9 Å². The summed E-state index contributed by atoms with van der Waals surface area (Å²) in [6.07, 6.45) is 8.15. The van der Waals surface area contributed by atoms with Crippen molar-refractivity contribution >= 4 is 5.97 Å². The van der Waals surface area contributed by atoms with Gasteiger partial charge < -0.3 is 5.11 Å². The van der Waals surface area contributed by atoms with E-state index in [9.17, 15) is 9.90 Å². The van der Waals surface area contributed by atoms with Gasteiger partial charge in [0.25, 0.3) is 0 Å². The van der Waals surface area contributed by atoms with Crippen molar-refractivity contribution in [2.45, 2.75) is 57.8 Å². The van der Waals surface area contributed by atoms with Crippen LogP contribution < -0.4 is 0 Å². The Kier molecular flexibility index (Phi) is 4.40. The average molecular weight is 246 g/mol. The molecule has 18 heavy (non-hydrogen) atoms. The van der Waals surface area contributed by atoms with Gasteiger partial charge in [-0.25, -0.2) is 4.79 Å². The number of rotatable bonds is 4. The van der Waals surface area contributed by atoms with Gasteiger partial charge >= 0.3 is 5.97 Å². The molecule has 1 fully saturated rings. The molecule has 1 N–H and O–H groups in total. The molecule has 0 atom stereocenters. The fourth-order valence-electron chi connectivity index (χ4n) is 3.16. The lowest BCUT2D eigenvalue weighted by Gasteiger charge is -2.26. The molecule has 2 heteroatoms. The third-order valence-electron chi connectivity index (χ3n) is 3.96.